The van der Waals surface area contributed by atoms with Gasteiger partial charge < -0.3 is 15.0 Å². The van der Waals surface area contributed by atoms with E-state index in [0.29, 0.717) is 17.5 Å². The van der Waals surface area contributed by atoms with Crippen LogP contribution in [0.4, 0.5) is 5.69 Å². The lowest BCUT2D eigenvalue weighted by atomic mass is 9.72. The van der Waals surface area contributed by atoms with Crippen molar-refractivity contribution in [3.05, 3.63) is 29.3 Å². The number of carbonyl (C=O) groups is 1. The number of piperidine rings is 3. The van der Waals surface area contributed by atoms with Crippen molar-refractivity contribution in [3.8, 4) is 0 Å². The first-order chi connectivity index (χ1) is 10.1. The molecule has 3 aliphatic heterocycles. The first-order valence-corrected chi connectivity index (χ1v) is 7.95. The van der Waals surface area contributed by atoms with Gasteiger partial charge in [0.25, 0.3) is 0 Å². The van der Waals surface area contributed by atoms with Gasteiger partial charge in [-0.1, -0.05) is 11.6 Å². The van der Waals surface area contributed by atoms with E-state index in [-0.39, 0.29) is 5.97 Å². The molecule has 1 aromatic rings. The summed E-state index contributed by atoms with van der Waals surface area (Å²) in [4.78, 5) is 15.0. The number of fused-ring (bicyclic) bond motifs is 3. The molecular weight excluding hydrogens is 288 g/mol. The van der Waals surface area contributed by atoms with E-state index in [9.17, 15) is 4.79 Å². The summed E-state index contributed by atoms with van der Waals surface area (Å²) in [5, 5.41) is 4.16. The number of hydrogen-bond acceptors (Lipinski definition) is 4. The second-order valence-corrected chi connectivity index (χ2v) is 6.31. The molecule has 3 saturated heterocycles. The van der Waals surface area contributed by atoms with Crippen LogP contribution in [0.1, 0.15) is 19.8 Å². The Hall–Kier alpha value is -1.26. The van der Waals surface area contributed by atoms with Crippen molar-refractivity contribution in [2.75, 3.05) is 31.6 Å². The zero-order valence-corrected chi connectivity index (χ0v) is 13.0. The van der Waals surface area contributed by atoms with Crippen LogP contribution in [0.15, 0.2) is 24.3 Å². The Labute approximate surface area is 130 Å². The molecule has 4 nitrogen and oxygen atoms in total. The maximum absolute atomic E-state index is 12.6. The molecule has 1 N–H and O–H groups in total. The molecule has 21 heavy (non-hydrogen) atoms. The van der Waals surface area contributed by atoms with Crippen LogP contribution in [0, 0.1) is 5.92 Å². The van der Waals surface area contributed by atoms with Gasteiger partial charge in [-0.25, -0.2) is 4.79 Å². The molecule has 1 atom stereocenters. The average molecular weight is 309 g/mol. The van der Waals surface area contributed by atoms with Crippen LogP contribution >= 0.6 is 11.6 Å². The summed E-state index contributed by atoms with van der Waals surface area (Å²) in [6.07, 6.45) is 2.08. The quantitative estimate of drug-likeness (QED) is 0.869. The van der Waals surface area contributed by atoms with Gasteiger partial charge in [0.2, 0.25) is 0 Å². The minimum absolute atomic E-state index is 0.130. The highest BCUT2D eigenvalue weighted by molar-refractivity contribution is 6.30. The summed E-state index contributed by atoms with van der Waals surface area (Å²) in [5.41, 5.74) is 0.293. The van der Waals surface area contributed by atoms with Gasteiger partial charge >= 0.3 is 5.97 Å². The average Bonchev–Trinajstić information content (AvgIpc) is 2.51. The Balaban J connectivity index is 1.89. The smallest absolute Gasteiger partial charge is 0.333 e. The summed E-state index contributed by atoms with van der Waals surface area (Å²) >= 11 is 5.94. The number of ether oxygens (including phenoxy) is 1. The molecule has 3 heterocycles. The molecule has 0 aliphatic carbocycles. The number of esters is 1. The zero-order chi connectivity index (χ0) is 14.9. The minimum Gasteiger partial charge on any atom is -0.464 e. The van der Waals surface area contributed by atoms with E-state index in [0.717, 1.165) is 38.2 Å². The lowest BCUT2D eigenvalue weighted by Crippen LogP contribution is -2.67. The highest BCUT2D eigenvalue weighted by atomic mass is 35.5. The number of nitrogens with one attached hydrogen (secondary N) is 1. The van der Waals surface area contributed by atoms with E-state index in [1.807, 2.05) is 31.2 Å². The van der Waals surface area contributed by atoms with Crippen molar-refractivity contribution in [1.29, 1.82) is 0 Å². The molecule has 1 unspecified atom stereocenters. The standard InChI is InChI=1S/C16H21ClN2O2/c1-2-21-15(20)16(11-19-9-7-12(16)8-10-19)18-14-5-3-13(17)4-6-14/h3-6,12,18H,2,7-11H2,1H3. The van der Waals surface area contributed by atoms with Crippen LogP contribution in [-0.2, 0) is 9.53 Å². The first kappa shape index (κ1) is 14.7. The predicted octanol–water partition coefficient (Wildman–Crippen LogP) is 2.78. The summed E-state index contributed by atoms with van der Waals surface area (Å²) in [6.45, 7) is 5.15. The Morgan fingerprint density at radius 1 is 1.38 bits per heavy atom. The predicted molar refractivity (Wildman–Crippen MR) is 83.6 cm³/mol. The maximum atomic E-state index is 12.6. The van der Waals surface area contributed by atoms with Crippen LogP contribution < -0.4 is 5.32 Å². The molecule has 1 aromatic carbocycles. The van der Waals surface area contributed by atoms with E-state index < -0.39 is 5.54 Å². The molecule has 3 aliphatic rings. The lowest BCUT2D eigenvalue weighted by molar-refractivity contribution is -0.155. The second-order valence-electron chi connectivity index (χ2n) is 5.87. The number of benzene rings is 1. The van der Waals surface area contributed by atoms with Crippen LogP contribution in [0.25, 0.3) is 0 Å². The van der Waals surface area contributed by atoms with E-state index >= 15 is 0 Å². The van der Waals surface area contributed by atoms with Crippen LogP contribution in [-0.4, -0.2) is 42.6 Å². The fourth-order valence-corrected chi connectivity index (χ4v) is 3.67. The van der Waals surface area contributed by atoms with Gasteiger partial charge in [0, 0.05) is 17.3 Å². The zero-order valence-electron chi connectivity index (χ0n) is 12.3. The molecular formula is C16H21ClN2O2. The summed E-state index contributed by atoms with van der Waals surface area (Å²) in [5.74, 6) is 0.201. The largest absolute Gasteiger partial charge is 0.464 e. The van der Waals surface area contributed by atoms with Crippen molar-refractivity contribution >= 4 is 23.3 Å². The van der Waals surface area contributed by atoms with Gasteiger partial charge in [-0.05, 0) is 63.0 Å². The van der Waals surface area contributed by atoms with Gasteiger partial charge in [0.15, 0.2) is 5.54 Å². The fourth-order valence-electron chi connectivity index (χ4n) is 3.54. The maximum Gasteiger partial charge on any atom is 0.333 e. The number of nitrogens with zero attached hydrogens (tertiary/aromatic N) is 1. The van der Waals surface area contributed by atoms with Gasteiger partial charge in [0.05, 0.1) is 6.61 Å². The molecule has 0 saturated carbocycles. The summed E-state index contributed by atoms with van der Waals surface area (Å²) < 4.78 is 5.38. The summed E-state index contributed by atoms with van der Waals surface area (Å²) in [7, 11) is 0. The van der Waals surface area contributed by atoms with Crippen molar-refractivity contribution in [3.63, 3.8) is 0 Å². The van der Waals surface area contributed by atoms with E-state index in [1.54, 1.807) is 0 Å². The van der Waals surface area contributed by atoms with E-state index in [1.165, 1.54) is 0 Å². The second kappa shape index (κ2) is 5.85. The van der Waals surface area contributed by atoms with Gasteiger partial charge in [-0.2, -0.15) is 0 Å². The molecule has 0 aromatic heterocycles. The van der Waals surface area contributed by atoms with Crippen molar-refractivity contribution in [2.45, 2.75) is 25.3 Å². The topological polar surface area (TPSA) is 41.6 Å². The normalized spacial score (nSPS) is 31.0. The van der Waals surface area contributed by atoms with Crippen molar-refractivity contribution in [2.24, 2.45) is 5.92 Å². The Morgan fingerprint density at radius 2 is 2.05 bits per heavy atom. The highest BCUT2D eigenvalue weighted by Crippen LogP contribution is 2.39. The van der Waals surface area contributed by atoms with Crippen LogP contribution in [0.3, 0.4) is 0 Å². The number of hydrogen-bond donors (Lipinski definition) is 1. The molecule has 0 radical (unpaired) electrons. The third-order valence-corrected chi connectivity index (χ3v) is 4.86. The number of anilines is 1. The van der Waals surface area contributed by atoms with Gasteiger partial charge in [-0.3, -0.25) is 0 Å². The summed E-state index contributed by atoms with van der Waals surface area (Å²) in [6, 6.07) is 7.51. The Bertz CT molecular complexity index is 512. The van der Waals surface area contributed by atoms with Crippen molar-refractivity contribution in [1.82, 2.24) is 4.90 Å². The number of carbonyl (C=O) groups excluding carboxylic acids is 1. The SMILES string of the molecule is CCOC(=O)C1(Nc2ccc(Cl)cc2)CN2CCC1CC2. The highest BCUT2D eigenvalue weighted by Gasteiger charge is 2.53. The van der Waals surface area contributed by atoms with Crippen LogP contribution in [0.2, 0.25) is 5.02 Å². The minimum atomic E-state index is -0.625. The molecule has 0 amide bonds. The van der Waals surface area contributed by atoms with Crippen molar-refractivity contribution < 1.29 is 9.53 Å². The third kappa shape index (κ3) is 2.74. The monoisotopic (exact) mass is 308 g/mol. The molecule has 0 spiro atoms. The Kier molecular flexibility index (Phi) is 4.09. The van der Waals surface area contributed by atoms with E-state index in [2.05, 4.69) is 10.2 Å². The first-order valence-electron chi connectivity index (χ1n) is 7.57. The molecule has 2 bridgehead atoms. The van der Waals surface area contributed by atoms with Crippen LogP contribution in [0.5, 0.6) is 0 Å². The number of rotatable bonds is 4. The molecule has 5 heteroatoms. The Morgan fingerprint density at radius 3 is 2.57 bits per heavy atom. The van der Waals surface area contributed by atoms with E-state index in [4.69, 9.17) is 16.3 Å². The third-order valence-electron chi connectivity index (χ3n) is 4.61. The number of halogens is 1. The molecule has 114 valence electrons. The molecule has 4 rings (SSSR count). The van der Waals surface area contributed by atoms with Gasteiger partial charge in [0.1, 0.15) is 0 Å². The van der Waals surface area contributed by atoms with Gasteiger partial charge in [-0.15, -0.1) is 0 Å². The fraction of sp³-hybridized carbons (Fsp3) is 0.562. The molecule has 3 fully saturated rings. The lowest BCUT2D eigenvalue weighted by Gasteiger charge is -2.52.